The van der Waals surface area contributed by atoms with Gasteiger partial charge in [-0.1, -0.05) is 18.7 Å². The van der Waals surface area contributed by atoms with Crippen molar-refractivity contribution < 1.29 is 14.4 Å². The number of rotatable bonds is 10. The number of likely N-dealkylation sites (N-methyl/N-ethyl adjacent to an activating group) is 1. The van der Waals surface area contributed by atoms with Crippen molar-refractivity contribution in [2.45, 2.75) is 43.8 Å². The first-order valence-corrected chi connectivity index (χ1v) is 16.2. The molecular weight excluding hydrogens is 594 g/mol. The number of methoxy groups -OCH3 is 1. The number of nitriles is 1. The zero-order chi connectivity index (χ0) is 32.9. The van der Waals surface area contributed by atoms with Crippen molar-refractivity contribution in [3.05, 3.63) is 72.6 Å². The van der Waals surface area contributed by atoms with Gasteiger partial charge >= 0.3 is 0 Å². The van der Waals surface area contributed by atoms with Crippen LogP contribution in [-0.4, -0.2) is 91.7 Å². The van der Waals surface area contributed by atoms with Crippen LogP contribution in [0.2, 0.25) is 0 Å². The predicted molar refractivity (Wildman–Crippen MR) is 183 cm³/mol. The van der Waals surface area contributed by atoms with Crippen molar-refractivity contribution >= 4 is 34.6 Å². The summed E-state index contributed by atoms with van der Waals surface area (Å²) >= 11 is 0. The van der Waals surface area contributed by atoms with E-state index in [1.165, 1.54) is 18.8 Å². The Bertz CT molecular complexity index is 1630. The number of hydroxylamine groups is 1. The van der Waals surface area contributed by atoms with Crippen molar-refractivity contribution in [2.75, 3.05) is 74.6 Å². The molecule has 3 fully saturated rings. The van der Waals surface area contributed by atoms with Gasteiger partial charge in [-0.05, 0) is 63.2 Å². The molecule has 3 aliphatic heterocycles. The number of aromatic nitrogens is 2. The van der Waals surface area contributed by atoms with Gasteiger partial charge in [0.2, 0.25) is 5.91 Å². The molecule has 12 nitrogen and oxygen atoms in total. The van der Waals surface area contributed by atoms with Gasteiger partial charge in [-0.2, -0.15) is 5.26 Å². The van der Waals surface area contributed by atoms with Gasteiger partial charge in [0.25, 0.3) is 0 Å². The van der Waals surface area contributed by atoms with Crippen LogP contribution in [0.3, 0.4) is 0 Å². The molecular formula is C35H43N9O3. The fourth-order valence-electron chi connectivity index (χ4n) is 6.86. The second-order valence-corrected chi connectivity index (χ2v) is 12.5. The average Bonchev–Trinajstić information content (AvgIpc) is 3.80. The number of hydrogen-bond donors (Lipinski definition) is 2. The quantitative estimate of drug-likeness (QED) is 0.301. The molecule has 47 heavy (non-hydrogen) atoms. The Kier molecular flexibility index (Phi) is 9.87. The lowest BCUT2D eigenvalue weighted by atomic mass is 10.0. The Morgan fingerprint density at radius 3 is 2.66 bits per heavy atom. The second-order valence-electron chi connectivity index (χ2n) is 12.5. The smallest absolute Gasteiger partial charge is 0.247 e. The number of nitrogens with one attached hydrogen (secondary N) is 2. The van der Waals surface area contributed by atoms with Crippen LogP contribution >= 0.6 is 0 Å². The lowest BCUT2D eigenvalue weighted by molar-refractivity contribution is -0.111. The molecule has 246 valence electrons. The molecule has 4 heterocycles. The van der Waals surface area contributed by atoms with Crippen molar-refractivity contribution in [1.82, 2.24) is 19.8 Å². The van der Waals surface area contributed by atoms with E-state index in [1.54, 1.807) is 18.2 Å². The highest BCUT2D eigenvalue weighted by Crippen LogP contribution is 2.41. The van der Waals surface area contributed by atoms with Gasteiger partial charge < -0.3 is 25.2 Å². The highest BCUT2D eigenvalue weighted by atomic mass is 16.7. The number of carbonyl (C=O) groups is 1. The van der Waals surface area contributed by atoms with Crippen LogP contribution in [0.1, 0.15) is 42.9 Å². The SMILES string of the molecule is C=CC(=O)Nc1cc(Nc2cc(N3OCC[C@@H]3c3cccc(C#N)c3)ncn2)c(OC)cc1N1CCC(N2CC[C@H](N(C)C)C2)CC1. The molecule has 0 bridgehead atoms. The van der Waals surface area contributed by atoms with E-state index in [1.807, 2.05) is 36.4 Å². The van der Waals surface area contributed by atoms with E-state index in [0.717, 1.165) is 56.7 Å². The molecule has 2 N–H and O–H groups in total. The third kappa shape index (κ3) is 7.17. The highest BCUT2D eigenvalue weighted by molar-refractivity contribution is 6.02. The minimum Gasteiger partial charge on any atom is -0.494 e. The standard InChI is InChI=1S/C35H43N9O3/c1-5-35(45)40-28-18-29(32(46-4)19-31(28)42-13-9-26(10-14-42)43-15-11-27(22-43)41(2)3)39-33-20-34(38-23-37-33)44-30(12-16-47-44)25-8-6-7-24(17-25)21-36/h5-8,17-20,23,26-27,30H,1,9-16,22H2,2-4H3,(H,40,45)(H,37,38,39)/t27-,30+/m0/s1. The molecule has 1 aromatic heterocycles. The lowest BCUT2D eigenvalue weighted by Gasteiger charge is -2.39. The fraction of sp³-hybridized carbons (Fsp3) is 0.429. The number of likely N-dealkylation sites (tertiary alicyclic amines) is 1. The van der Waals surface area contributed by atoms with E-state index in [2.05, 4.69) is 62.0 Å². The molecule has 3 aliphatic rings. The monoisotopic (exact) mass is 637 g/mol. The first-order chi connectivity index (χ1) is 22.9. The maximum atomic E-state index is 12.6. The minimum absolute atomic E-state index is 0.0930. The van der Waals surface area contributed by atoms with E-state index in [-0.39, 0.29) is 11.9 Å². The Morgan fingerprint density at radius 2 is 1.94 bits per heavy atom. The third-order valence-electron chi connectivity index (χ3n) is 9.45. The summed E-state index contributed by atoms with van der Waals surface area (Å²) in [5.74, 6) is 1.45. The molecule has 1 amide bonds. The molecule has 0 spiro atoms. The number of hydrogen-bond acceptors (Lipinski definition) is 11. The summed E-state index contributed by atoms with van der Waals surface area (Å²) in [5.41, 5.74) is 3.80. The third-order valence-corrected chi connectivity index (χ3v) is 9.45. The molecule has 2 atom stereocenters. The summed E-state index contributed by atoms with van der Waals surface area (Å²) in [6.45, 7) is 8.21. The maximum absolute atomic E-state index is 12.6. The largest absolute Gasteiger partial charge is 0.494 e. The summed E-state index contributed by atoms with van der Waals surface area (Å²) in [4.78, 5) is 34.8. The van der Waals surface area contributed by atoms with Gasteiger partial charge in [0, 0.05) is 56.8 Å². The highest BCUT2D eigenvalue weighted by Gasteiger charge is 2.33. The number of carbonyl (C=O) groups excluding carboxylic acids is 1. The van der Waals surface area contributed by atoms with Crippen LogP contribution in [-0.2, 0) is 9.63 Å². The first kappa shape index (κ1) is 32.2. The Labute approximate surface area is 276 Å². The minimum atomic E-state index is -0.286. The van der Waals surface area contributed by atoms with Crippen LogP contribution in [0.5, 0.6) is 5.75 Å². The number of nitrogens with zero attached hydrogens (tertiary/aromatic N) is 7. The van der Waals surface area contributed by atoms with E-state index < -0.39 is 0 Å². The summed E-state index contributed by atoms with van der Waals surface area (Å²) < 4.78 is 5.86. The van der Waals surface area contributed by atoms with Crippen molar-refractivity contribution in [3.63, 3.8) is 0 Å². The van der Waals surface area contributed by atoms with Crippen LogP contribution in [0.4, 0.5) is 28.7 Å². The molecule has 0 saturated carbocycles. The van der Waals surface area contributed by atoms with Crippen LogP contribution < -0.4 is 25.3 Å². The van der Waals surface area contributed by atoms with Gasteiger partial charge in [-0.3, -0.25) is 14.5 Å². The fourth-order valence-corrected chi connectivity index (χ4v) is 6.86. The zero-order valence-corrected chi connectivity index (χ0v) is 27.4. The molecule has 3 saturated heterocycles. The molecule has 0 aliphatic carbocycles. The molecule has 0 radical (unpaired) electrons. The zero-order valence-electron chi connectivity index (χ0n) is 27.4. The number of amides is 1. The normalized spacial score (nSPS) is 20.3. The average molecular weight is 638 g/mol. The summed E-state index contributed by atoms with van der Waals surface area (Å²) in [6.07, 6.45) is 6.84. The van der Waals surface area contributed by atoms with Crippen LogP contribution in [0.15, 0.2) is 61.4 Å². The maximum Gasteiger partial charge on any atom is 0.247 e. The Hall–Kier alpha value is -4.70. The van der Waals surface area contributed by atoms with Crippen molar-refractivity contribution in [1.29, 1.82) is 5.26 Å². The molecule has 12 heteroatoms. The topological polar surface area (TPSA) is 122 Å². The summed E-state index contributed by atoms with van der Waals surface area (Å²) in [5, 5.41) is 17.5. The summed E-state index contributed by atoms with van der Waals surface area (Å²) in [6, 6.07) is 16.5. The first-order valence-electron chi connectivity index (χ1n) is 16.2. The molecule has 6 rings (SSSR count). The van der Waals surface area contributed by atoms with E-state index in [4.69, 9.17) is 9.57 Å². The predicted octanol–water partition coefficient (Wildman–Crippen LogP) is 4.71. The van der Waals surface area contributed by atoms with Crippen molar-refractivity contribution in [2.24, 2.45) is 0 Å². The number of piperidine rings is 1. The van der Waals surface area contributed by atoms with Gasteiger partial charge in [0.15, 0.2) is 5.82 Å². The van der Waals surface area contributed by atoms with Gasteiger partial charge in [0.05, 0.1) is 48.5 Å². The van der Waals surface area contributed by atoms with Crippen LogP contribution in [0.25, 0.3) is 0 Å². The van der Waals surface area contributed by atoms with Crippen LogP contribution in [0, 0.1) is 11.3 Å². The van der Waals surface area contributed by atoms with Gasteiger partial charge in [-0.25, -0.2) is 15.0 Å². The molecule has 3 aromatic rings. The molecule has 2 aromatic carbocycles. The number of benzene rings is 2. The summed E-state index contributed by atoms with van der Waals surface area (Å²) in [7, 11) is 5.97. The number of ether oxygens (including phenoxy) is 1. The second kappa shape index (κ2) is 14.4. The molecule has 0 unspecified atom stereocenters. The van der Waals surface area contributed by atoms with E-state index in [0.29, 0.717) is 53.0 Å². The van der Waals surface area contributed by atoms with Crippen molar-refractivity contribution in [3.8, 4) is 11.8 Å². The Morgan fingerprint density at radius 1 is 1.11 bits per heavy atom. The Balaban J connectivity index is 1.22. The van der Waals surface area contributed by atoms with Gasteiger partial charge in [0.1, 0.15) is 17.9 Å². The number of anilines is 5. The van der Waals surface area contributed by atoms with E-state index in [9.17, 15) is 10.1 Å². The van der Waals surface area contributed by atoms with Gasteiger partial charge in [-0.15, -0.1) is 0 Å². The van der Waals surface area contributed by atoms with E-state index >= 15 is 0 Å². The lowest BCUT2D eigenvalue weighted by Crippen LogP contribution is -2.45.